The number of hydrogen-bond donors (Lipinski definition) is 1. The Bertz CT molecular complexity index is 609. The zero-order chi connectivity index (χ0) is 13.3. The monoisotopic (exact) mass is 284 g/mol. The lowest BCUT2D eigenvalue weighted by Crippen LogP contribution is -2.20. The molecule has 0 unspecified atom stereocenters. The summed E-state index contributed by atoms with van der Waals surface area (Å²) in [4.78, 5) is 15.2. The van der Waals surface area contributed by atoms with E-state index in [1.165, 1.54) is 4.68 Å². The second-order valence-electron chi connectivity index (χ2n) is 3.74. The maximum absolute atomic E-state index is 11.0. The van der Waals surface area contributed by atoms with Gasteiger partial charge in [-0.25, -0.2) is 9.67 Å². The van der Waals surface area contributed by atoms with Crippen molar-refractivity contribution in [1.29, 1.82) is 0 Å². The third-order valence-electron chi connectivity index (χ3n) is 2.26. The summed E-state index contributed by atoms with van der Waals surface area (Å²) >= 11 is 11.8. The quantitative estimate of drug-likeness (QED) is 0.937. The molecule has 0 fully saturated rings. The lowest BCUT2D eigenvalue weighted by molar-refractivity contribution is -0.118. The second-order valence-corrected chi connectivity index (χ2v) is 4.55. The van der Waals surface area contributed by atoms with E-state index in [4.69, 9.17) is 28.9 Å². The van der Waals surface area contributed by atoms with E-state index in [9.17, 15) is 4.79 Å². The number of carbonyl (C=O) groups excluding carboxylic acids is 1. The zero-order valence-electron chi connectivity index (χ0n) is 9.52. The summed E-state index contributed by atoms with van der Waals surface area (Å²) in [6.07, 6.45) is 0. The van der Waals surface area contributed by atoms with Gasteiger partial charge in [0.15, 0.2) is 5.82 Å². The van der Waals surface area contributed by atoms with Crippen LogP contribution in [-0.2, 0) is 11.3 Å². The van der Waals surface area contributed by atoms with Gasteiger partial charge in [-0.05, 0) is 25.1 Å². The van der Waals surface area contributed by atoms with E-state index >= 15 is 0 Å². The first-order valence-electron chi connectivity index (χ1n) is 5.12. The van der Waals surface area contributed by atoms with Gasteiger partial charge >= 0.3 is 0 Å². The Kier molecular flexibility index (Phi) is 3.54. The SMILES string of the molecule is Cc1nc(-c2ccc(Cl)c(Cl)c2)n(CC(N)=O)n1. The predicted octanol–water partition coefficient (Wildman–Crippen LogP) is 2.05. The minimum absolute atomic E-state index is 0.0313. The van der Waals surface area contributed by atoms with E-state index in [2.05, 4.69) is 10.1 Å². The van der Waals surface area contributed by atoms with Crippen LogP contribution in [0.15, 0.2) is 18.2 Å². The van der Waals surface area contributed by atoms with Crippen LogP contribution in [0.4, 0.5) is 0 Å². The molecule has 0 atom stereocenters. The first kappa shape index (κ1) is 12.9. The van der Waals surface area contributed by atoms with Crippen molar-refractivity contribution in [3.8, 4) is 11.4 Å². The van der Waals surface area contributed by atoms with Gasteiger partial charge in [-0.2, -0.15) is 5.10 Å². The van der Waals surface area contributed by atoms with Crippen molar-refractivity contribution in [3.05, 3.63) is 34.1 Å². The third-order valence-corrected chi connectivity index (χ3v) is 3.00. The van der Waals surface area contributed by atoms with E-state index in [-0.39, 0.29) is 6.54 Å². The average Bonchev–Trinajstić information content (AvgIpc) is 2.62. The van der Waals surface area contributed by atoms with Crippen molar-refractivity contribution in [2.24, 2.45) is 5.73 Å². The minimum atomic E-state index is -0.485. The number of amides is 1. The van der Waals surface area contributed by atoms with Gasteiger partial charge in [-0.1, -0.05) is 23.2 Å². The van der Waals surface area contributed by atoms with Crippen molar-refractivity contribution in [1.82, 2.24) is 14.8 Å². The average molecular weight is 285 g/mol. The largest absolute Gasteiger partial charge is 0.368 e. The molecule has 1 heterocycles. The molecule has 5 nitrogen and oxygen atoms in total. The zero-order valence-corrected chi connectivity index (χ0v) is 11.0. The van der Waals surface area contributed by atoms with Crippen molar-refractivity contribution in [2.45, 2.75) is 13.5 Å². The number of aromatic nitrogens is 3. The van der Waals surface area contributed by atoms with Gasteiger partial charge in [0.25, 0.3) is 0 Å². The highest BCUT2D eigenvalue weighted by atomic mass is 35.5. The number of halogens is 2. The van der Waals surface area contributed by atoms with Crippen LogP contribution in [-0.4, -0.2) is 20.7 Å². The van der Waals surface area contributed by atoms with Gasteiger partial charge < -0.3 is 5.73 Å². The molecule has 0 saturated carbocycles. The van der Waals surface area contributed by atoms with Crippen molar-refractivity contribution < 1.29 is 4.79 Å². The maximum atomic E-state index is 11.0. The summed E-state index contributed by atoms with van der Waals surface area (Å²) in [6, 6.07) is 5.10. The molecule has 0 aliphatic carbocycles. The number of carbonyl (C=O) groups is 1. The molecule has 0 radical (unpaired) electrons. The molecule has 2 aromatic rings. The molecule has 1 amide bonds. The number of aryl methyl sites for hydroxylation is 1. The Balaban J connectivity index is 2.49. The Morgan fingerprint density at radius 2 is 2.11 bits per heavy atom. The molecular formula is C11H10Cl2N4O. The highest BCUT2D eigenvalue weighted by Gasteiger charge is 2.12. The summed E-state index contributed by atoms with van der Waals surface area (Å²) in [5, 5.41) is 4.98. The molecular weight excluding hydrogens is 275 g/mol. The van der Waals surface area contributed by atoms with Gasteiger partial charge in [0.1, 0.15) is 12.4 Å². The fourth-order valence-electron chi connectivity index (χ4n) is 1.56. The number of primary amides is 1. The Morgan fingerprint density at radius 1 is 1.39 bits per heavy atom. The number of hydrogen-bond acceptors (Lipinski definition) is 3. The van der Waals surface area contributed by atoms with Gasteiger partial charge in [-0.15, -0.1) is 0 Å². The predicted molar refractivity (Wildman–Crippen MR) is 69.4 cm³/mol. The van der Waals surface area contributed by atoms with Gasteiger partial charge in [0.2, 0.25) is 5.91 Å². The van der Waals surface area contributed by atoms with E-state index < -0.39 is 5.91 Å². The van der Waals surface area contributed by atoms with Crippen LogP contribution in [0.5, 0.6) is 0 Å². The molecule has 94 valence electrons. The van der Waals surface area contributed by atoms with Gasteiger partial charge in [-0.3, -0.25) is 4.79 Å². The fraction of sp³-hybridized carbons (Fsp3) is 0.182. The Morgan fingerprint density at radius 3 is 2.72 bits per heavy atom. The molecule has 1 aromatic heterocycles. The highest BCUT2D eigenvalue weighted by molar-refractivity contribution is 6.42. The minimum Gasteiger partial charge on any atom is -0.368 e. The topological polar surface area (TPSA) is 73.8 Å². The molecule has 0 bridgehead atoms. The first-order valence-corrected chi connectivity index (χ1v) is 5.88. The fourth-order valence-corrected chi connectivity index (χ4v) is 1.86. The van der Waals surface area contributed by atoms with Crippen molar-refractivity contribution >= 4 is 29.1 Å². The molecule has 2 rings (SSSR count). The van der Waals surface area contributed by atoms with Crippen molar-refractivity contribution in [2.75, 3.05) is 0 Å². The smallest absolute Gasteiger partial charge is 0.239 e. The molecule has 0 spiro atoms. The Labute approximate surface area is 114 Å². The maximum Gasteiger partial charge on any atom is 0.239 e. The first-order chi connectivity index (χ1) is 8.47. The van der Waals surface area contributed by atoms with Crippen LogP contribution < -0.4 is 5.73 Å². The molecule has 2 N–H and O–H groups in total. The summed E-state index contributed by atoms with van der Waals surface area (Å²) in [5.74, 6) is 0.600. The lowest BCUT2D eigenvalue weighted by Gasteiger charge is -2.04. The normalized spacial score (nSPS) is 10.6. The van der Waals surface area contributed by atoms with Crippen LogP contribution in [0, 0.1) is 6.92 Å². The van der Waals surface area contributed by atoms with Crippen molar-refractivity contribution in [3.63, 3.8) is 0 Å². The second kappa shape index (κ2) is 4.96. The van der Waals surface area contributed by atoms with Crippen LogP contribution in [0.1, 0.15) is 5.82 Å². The van der Waals surface area contributed by atoms with Crippen LogP contribution >= 0.6 is 23.2 Å². The van der Waals surface area contributed by atoms with Gasteiger partial charge in [0, 0.05) is 5.56 Å². The van der Waals surface area contributed by atoms with Crippen LogP contribution in [0.2, 0.25) is 10.0 Å². The summed E-state index contributed by atoms with van der Waals surface area (Å²) < 4.78 is 1.44. The summed E-state index contributed by atoms with van der Waals surface area (Å²) in [7, 11) is 0. The number of nitrogens with two attached hydrogens (primary N) is 1. The summed E-state index contributed by atoms with van der Waals surface area (Å²) in [5.41, 5.74) is 5.89. The number of benzene rings is 1. The number of nitrogens with zero attached hydrogens (tertiary/aromatic N) is 3. The van der Waals surface area contributed by atoms with E-state index in [0.717, 1.165) is 5.56 Å². The third kappa shape index (κ3) is 2.63. The summed E-state index contributed by atoms with van der Waals surface area (Å²) in [6.45, 7) is 1.70. The molecule has 0 aliphatic heterocycles. The van der Waals surface area contributed by atoms with Crippen LogP contribution in [0.3, 0.4) is 0 Å². The van der Waals surface area contributed by atoms with Gasteiger partial charge in [0.05, 0.1) is 10.0 Å². The molecule has 7 heteroatoms. The molecule has 0 saturated heterocycles. The highest BCUT2D eigenvalue weighted by Crippen LogP contribution is 2.27. The van der Waals surface area contributed by atoms with E-state index in [1.54, 1.807) is 25.1 Å². The standard InChI is InChI=1S/C11H10Cl2N4O/c1-6-15-11(17(16-6)5-10(14)18)7-2-3-8(12)9(13)4-7/h2-4H,5H2,1H3,(H2,14,18). The molecule has 0 aliphatic rings. The van der Waals surface area contributed by atoms with E-state index in [0.29, 0.717) is 21.7 Å². The molecule has 18 heavy (non-hydrogen) atoms. The van der Waals surface area contributed by atoms with E-state index in [1.807, 2.05) is 0 Å². The Hall–Kier alpha value is -1.59. The van der Waals surface area contributed by atoms with Crippen LogP contribution in [0.25, 0.3) is 11.4 Å². The number of rotatable bonds is 3. The lowest BCUT2D eigenvalue weighted by atomic mass is 10.2. The molecule has 1 aromatic carbocycles.